The van der Waals surface area contributed by atoms with Crippen molar-refractivity contribution in [3.05, 3.63) is 58.3 Å². The Morgan fingerprint density at radius 3 is 2.65 bits per heavy atom. The van der Waals surface area contributed by atoms with Crippen LogP contribution >= 0.6 is 15.9 Å². The van der Waals surface area contributed by atoms with Crippen molar-refractivity contribution in [2.45, 2.75) is 6.04 Å². The lowest BCUT2D eigenvalue weighted by Crippen LogP contribution is -2.21. The van der Waals surface area contributed by atoms with Crippen LogP contribution in [0.1, 0.15) is 17.4 Å². The molecule has 1 unspecified atom stereocenters. The second kappa shape index (κ2) is 5.33. The van der Waals surface area contributed by atoms with Crippen LogP contribution in [-0.4, -0.2) is 17.0 Å². The van der Waals surface area contributed by atoms with Gasteiger partial charge in [-0.2, -0.15) is 0 Å². The first-order chi connectivity index (χ1) is 8.22. The summed E-state index contributed by atoms with van der Waals surface area (Å²) in [5, 5.41) is 3.02. The summed E-state index contributed by atoms with van der Waals surface area (Å²) in [7, 11) is 1.75. The zero-order valence-corrected chi connectivity index (χ0v) is 10.8. The van der Waals surface area contributed by atoms with Crippen LogP contribution in [0.3, 0.4) is 0 Å². The highest BCUT2D eigenvalue weighted by molar-refractivity contribution is 9.10. The highest BCUT2D eigenvalue weighted by Crippen LogP contribution is 2.24. The number of hydrogen-bond acceptors (Lipinski definition) is 3. The molecule has 0 aliphatic carbocycles. The third-order valence-corrected chi connectivity index (χ3v) is 2.89. The van der Waals surface area contributed by atoms with E-state index < -0.39 is 0 Å². The van der Waals surface area contributed by atoms with E-state index in [1.165, 1.54) is 6.07 Å². The first-order valence-corrected chi connectivity index (χ1v) is 5.91. The van der Waals surface area contributed by atoms with Crippen molar-refractivity contribution in [1.29, 1.82) is 0 Å². The number of benzene rings is 1. The van der Waals surface area contributed by atoms with Crippen molar-refractivity contribution in [1.82, 2.24) is 15.3 Å². The fourth-order valence-corrected chi connectivity index (χ4v) is 2.00. The molecular weight excluding hydrogens is 285 g/mol. The van der Waals surface area contributed by atoms with Crippen LogP contribution in [0, 0.1) is 5.82 Å². The normalized spacial score (nSPS) is 12.4. The summed E-state index contributed by atoms with van der Waals surface area (Å²) in [6.45, 7) is 0. The molecular formula is C12H11BrFN3. The summed E-state index contributed by atoms with van der Waals surface area (Å²) >= 11 is 3.33. The molecule has 0 aliphatic rings. The van der Waals surface area contributed by atoms with Crippen molar-refractivity contribution < 1.29 is 4.39 Å². The van der Waals surface area contributed by atoms with Crippen molar-refractivity contribution in [2.24, 2.45) is 0 Å². The molecule has 3 nitrogen and oxygen atoms in total. The van der Waals surface area contributed by atoms with Crippen molar-refractivity contribution in [2.75, 3.05) is 7.05 Å². The van der Waals surface area contributed by atoms with Crippen LogP contribution in [0.2, 0.25) is 0 Å². The Morgan fingerprint density at radius 2 is 2.00 bits per heavy atom. The molecule has 0 saturated heterocycles. The third-order valence-electron chi connectivity index (χ3n) is 2.40. The van der Waals surface area contributed by atoms with Crippen LogP contribution in [0.5, 0.6) is 0 Å². The maximum Gasteiger partial charge on any atom is 0.149 e. The van der Waals surface area contributed by atoms with Crippen LogP contribution in [-0.2, 0) is 0 Å². The van der Waals surface area contributed by atoms with Gasteiger partial charge in [0.15, 0.2) is 0 Å². The molecule has 5 heteroatoms. The maximum atomic E-state index is 13.8. The number of aromatic nitrogens is 2. The minimum Gasteiger partial charge on any atom is -0.307 e. The van der Waals surface area contributed by atoms with E-state index in [0.717, 1.165) is 4.47 Å². The number of rotatable bonds is 3. The summed E-state index contributed by atoms with van der Waals surface area (Å²) in [5.74, 6) is 0.270. The van der Waals surface area contributed by atoms with Crippen LogP contribution in [0.25, 0.3) is 0 Å². The van der Waals surface area contributed by atoms with E-state index in [1.54, 1.807) is 37.6 Å². The smallest absolute Gasteiger partial charge is 0.149 e. The van der Waals surface area contributed by atoms with Crippen molar-refractivity contribution in [3.8, 4) is 0 Å². The number of nitrogens with one attached hydrogen (secondary N) is 1. The molecule has 1 heterocycles. The third kappa shape index (κ3) is 2.68. The van der Waals surface area contributed by atoms with E-state index in [1.807, 2.05) is 0 Å². The standard InChI is InChI=1S/C12H11BrFN3/c1-15-11(12-16-5-2-6-17-12)9-7-8(13)3-4-10(9)14/h2-7,11,15H,1H3. The Hall–Kier alpha value is -1.33. The van der Waals surface area contributed by atoms with Crippen LogP contribution in [0.4, 0.5) is 4.39 Å². The lowest BCUT2D eigenvalue weighted by Gasteiger charge is -2.15. The number of nitrogens with zero attached hydrogens (tertiary/aromatic N) is 2. The summed E-state index contributed by atoms with van der Waals surface area (Å²) in [6, 6.07) is 6.19. The van der Waals surface area contributed by atoms with Crippen LogP contribution < -0.4 is 5.32 Å². The Morgan fingerprint density at radius 1 is 1.29 bits per heavy atom. The number of hydrogen-bond donors (Lipinski definition) is 1. The molecule has 2 rings (SSSR count). The highest BCUT2D eigenvalue weighted by Gasteiger charge is 2.18. The molecule has 1 atom stereocenters. The first-order valence-electron chi connectivity index (χ1n) is 5.11. The van der Waals surface area contributed by atoms with E-state index in [4.69, 9.17) is 0 Å². The average Bonchev–Trinajstić information content (AvgIpc) is 2.36. The van der Waals surface area contributed by atoms with Gasteiger partial charge in [0.2, 0.25) is 0 Å². The summed E-state index contributed by atoms with van der Waals surface area (Å²) in [4.78, 5) is 8.28. The fourth-order valence-electron chi connectivity index (χ4n) is 1.62. The zero-order chi connectivity index (χ0) is 12.3. The van der Waals surface area contributed by atoms with Gasteiger partial charge in [0, 0.05) is 22.4 Å². The monoisotopic (exact) mass is 295 g/mol. The largest absolute Gasteiger partial charge is 0.307 e. The molecule has 0 bridgehead atoms. The Bertz CT molecular complexity index is 504. The molecule has 1 aromatic heterocycles. The maximum absolute atomic E-state index is 13.8. The van der Waals surface area contributed by atoms with Gasteiger partial charge in [-0.3, -0.25) is 0 Å². The minimum atomic E-state index is -0.353. The van der Waals surface area contributed by atoms with E-state index in [-0.39, 0.29) is 11.9 Å². The lowest BCUT2D eigenvalue weighted by molar-refractivity contribution is 0.562. The topological polar surface area (TPSA) is 37.8 Å². The molecule has 1 aromatic carbocycles. The second-order valence-corrected chi connectivity index (χ2v) is 4.41. The SMILES string of the molecule is CNC(c1ncccn1)c1cc(Br)ccc1F. The summed E-state index contributed by atoms with van der Waals surface area (Å²) in [6.07, 6.45) is 3.28. The Balaban J connectivity index is 2.46. The summed E-state index contributed by atoms with van der Waals surface area (Å²) < 4.78 is 14.6. The second-order valence-electron chi connectivity index (χ2n) is 3.49. The molecule has 88 valence electrons. The molecule has 0 radical (unpaired) electrons. The molecule has 0 aliphatic heterocycles. The van der Waals surface area contributed by atoms with Gasteiger partial charge in [-0.05, 0) is 31.3 Å². The van der Waals surface area contributed by atoms with Crippen LogP contribution in [0.15, 0.2) is 41.1 Å². The quantitative estimate of drug-likeness (QED) is 0.946. The van der Waals surface area contributed by atoms with E-state index >= 15 is 0 Å². The van der Waals surface area contributed by atoms with E-state index in [9.17, 15) is 4.39 Å². The summed E-state index contributed by atoms with van der Waals surface area (Å²) in [5.41, 5.74) is 0.521. The van der Waals surface area contributed by atoms with Crippen molar-refractivity contribution >= 4 is 15.9 Å². The van der Waals surface area contributed by atoms with Gasteiger partial charge >= 0.3 is 0 Å². The predicted molar refractivity (Wildman–Crippen MR) is 67.0 cm³/mol. The van der Waals surface area contributed by atoms with Gasteiger partial charge in [0.25, 0.3) is 0 Å². The molecule has 0 fully saturated rings. The van der Waals surface area contributed by atoms with E-state index in [2.05, 4.69) is 31.2 Å². The first kappa shape index (κ1) is 12.1. The van der Waals surface area contributed by atoms with Gasteiger partial charge in [0.1, 0.15) is 11.6 Å². The van der Waals surface area contributed by atoms with E-state index in [0.29, 0.717) is 11.4 Å². The van der Waals surface area contributed by atoms with Gasteiger partial charge in [-0.25, -0.2) is 14.4 Å². The van der Waals surface area contributed by atoms with Gasteiger partial charge < -0.3 is 5.32 Å². The zero-order valence-electron chi connectivity index (χ0n) is 9.19. The van der Waals surface area contributed by atoms with Gasteiger partial charge in [0.05, 0.1) is 6.04 Å². The molecule has 17 heavy (non-hydrogen) atoms. The molecule has 0 amide bonds. The number of halogens is 2. The van der Waals surface area contributed by atoms with Gasteiger partial charge in [-0.15, -0.1) is 0 Å². The molecule has 1 N–H and O–H groups in total. The molecule has 0 spiro atoms. The molecule has 2 aromatic rings. The lowest BCUT2D eigenvalue weighted by atomic mass is 10.1. The van der Waals surface area contributed by atoms with Crippen molar-refractivity contribution in [3.63, 3.8) is 0 Å². The van der Waals surface area contributed by atoms with Gasteiger partial charge in [-0.1, -0.05) is 15.9 Å². The average molecular weight is 296 g/mol. The molecule has 0 saturated carbocycles. The minimum absolute atomic E-state index is 0.278. The fraction of sp³-hybridized carbons (Fsp3) is 0.167. The predicted octanol–water partition coefficient (Wildman–Crippen LogP) is 2.69. The Labute approximate surface area is 107 Å². The Kier molecular flexibility index (Phi) is 3.81. The highest BCUT2D eigenvalue weighted by atomic mass is 79.9.